The summed E-state index contributed by atoms with van der Waals surface area (Å²) in [5.41, 5.74) is 1.50. The van der Waals surface area contributed by atoms with Crippen molar-refractivity contribution in [2.45, 2.75) is 65.6 Å². The largest absolute Gasteiger partial charge is 0.350 e. The third-order valence-corrected chi connectivity index (χ3v) is 6.78. The highest BCUT2D eigenvalue weighted by Gasteiger charge is 2.32. The molecule has 2 amide bonds. The fourth-order valence-corrected chi connectivity index (χ4v) is 4.77. The third kappa shape index (κ3) is 8.25. The van der Waals surface area contributed by atoms with Crippen LogP contribution in [0, 0.1) is 0 Å². The molecule has 1 atom stereocenters. The average Bonchev–Trinajstić information content (AvgIpc) is 2.73. The molecule has 192 valence electrons. The Bertz CT molecular complexity index is 1160. The van der Waals surface area contributed by atoms with E-state index < -0.39 is 34.1 Å². The Morgan fingerprint density at radius 1 is 1.03 bits per heavy atom. The summed E-state index contributed by atoms with van der Waals surface area (Å²) in [6.07, 6.45) is 1.08. The summed E-state index contributed by atoms with van der Waals surface area (Å²) in [5.74, 6) is -0.781. The van der Waals surface area contributed by atoms with Gasteiger partial charge in [-0.2, -0.15) is 0 Å². The van der Waals surface area contributed by atoms with E-state index in [0.29, 0.717) is 10.7 Å². The van der Waals surface area contributed by atoms with E-state index in [1.165, 1.54) is 4.90 Å². The van der Waals surface area contributed by atoms with Crippen LogP contribution in [0.15, 0.2) is 48.5 Å². The van der Waals surface area contributed by atoms with Crippen molar-refractivity contribution in [3.63, 3.8) is 0 Å². The van der Waals surface area contributed by atoms with E-state index in [1.807, 2.05) is 52.8 Å². The Morgan fingerprint density at radius 2 is 1.66 bits per heavy atom. The second kappa shape index (κ2) is 11.4. The Morgan fingerprint density at radius 3 is 2.20 bits per heavy atom. The number of para-hydroxylation sites is 1. The molecule has 2 aromatic carbocycles. The van der Waals surface area contributed by atoms with Crippen LogP contribution in [0.5, 0.6) is 0 Å². The Hall–Kier alpha value is -2.58. The number of hydrogen-bond donors (Lipinski definition) is 1. The number of nitrogens with one attached hydrogen (secondary N) is 1. The van der Waals surface area contributed by atoms with Crippen LogP contribution in [0.1, 0.15) is 58.6 Å². The second-order valence-corrected chi connectivity index (χ2v) is 12.4. The van der Waals surface area contributed by atoms with E-state index in [2.05, 4.69) is 5.32 Å². The van der Waals surface area contributed by atoms with Crippen LogP contribution in [-0.2, 0) is 26.2 Å². The molecule has 2 aromatic rings. The summed E-state index contributed by atoms with van der Waals surface area (Å²) in [6, 6.07) is 13.3. The van der Waals surface area contributed by atoms with Gasteiger partial charge in [0.25, 0.3) is 0 Å². The zero-order chi connectivity index (χ0) is 26.6. The van der Waals surface area contributed by atoms with Gasteiger partial charge in [0.2, 0.25) is 21.8 Å². The van der Waals surface area contributed by atoms with Gasteiger partial charge in [0.15, 0.2) is 0 Å². The summed E-state index contributed by atoms with van der Waals surface area (Å²) >= 11 is 6.14. The lowest BCUT2D eigenvalue weighted by Gasteiger charge is -2.33. The van der Waals surface area contributed by atoms with Gasteiger partial charge in [-0.05, 0) is 62.9 Å². The van der Waals surface area contributed by atoms with Gasteiger partial charge in [-0.1, -0.05) is 55.8 Å². The standard InChI is InChI=1S/C26H36ClN3O4S/c1-18(2)22-13-8-9-14-23(22)30(35(7,33)34)17-24(31)29(16-20-11-10-12-21(27)15-20)19(3)25(32)28-26(4,5)6/h8-15,18-19H,16-17H2,1-7H3,(H,28,32)/t19-/m0/s1. The van der Waals surface area contributed by atoms with Crippen molar-refractivity contribution < 1.29 is 18.0 Å². The number of anilines is 1. The molecule has 0 fully saturated rings. The fourth-order valence-electron chi connectivity index (χ4n) is 3.69. The van der Waals surface area contributed by atoms with Crippen molar-refractivity contribution in [3.8, 4) is 0 Å². The van der Waals surface area contributed by atoms with Crippen LogP contribution < -0.4 is 9.62 Å². The van der Waals surface area contributed by atoms with Gasteiger partial charge in [0.05, 0.1) is 11.9 Å². The van der Waals surface area contributed by atoms with Gasteiger partial charge in [0, 0.05) is 17.1 Å². The van der Waals surface area contributed by atoms with Crippen LogP contribution in [-0.4, -0.2) is 49.5 Å². The lowest BCUT2D eigenvalue weighted by molar-refractivity contribution is -0.140. The molecule has 0 radical (unpaired) electrons. The number of benzene rings is 2. The molecule has 1 N–H and O–H groups in total. The van der Waals surface area contributed by atoms with Crippen LogP contribution >= 0.6 is 11.6 Å². The summed E-state index contributed by atoms with van der Waals surface area (Å²) in [4.78, 5) is 28.0. The monoisotopic (exact) mass is 521 g/mol. The highest BCUT2D eigenvalue weighted by atomic mass is 35.5. The maximum atomic E-state index is 13.7. The number of carbonyl (C=O) groups is 2. The van der Waals surface area contributed by atoms with Gasteiger partial charge in [-0.15, -0.1) is 0 Å². The van der Waals surface area contributed by atoms with Crippen molar-refractivity contribution in [1.29, 1.82) is 0 Å². The normalized spacial score (nSPS) is 12.8. The summed E-state index contributed by atoms with van der Waals surface area (Å²) < 4.78 is 26.8. The zero-order valence-electron chi connectivity index (χ0n) is 21.5. The first-order valence-electron chi connectivity index (χ1n) is 11.5. The number of sulfonamides is 1. The molecular formula is C26H36ClN3O4S. The topological polar surface area (TPSA) is 86.8 Å². The SMILES string of the molecule is CC(C)c1ccccc1N(CC(=O)N(Cc1cccc(Cl)c1)[C@@H](C)C(=O)NC(C)(C)C)S(C)(=O)=O. The van der Waals surface area contributed by atoms with Gasteiger partial charge < -0.3 is 10.2 Å². The molecule has 0 aromatic heterocycles. The first kappa shape index (κ1) is 28.7. The Balaban J connectivity index is 2.47. The highest BCUT2D eigenvalue weighted by Crippen LogP contribution is 2.29. The molecule has 0 spiro atoms. The summed E-state index contributed by atoms with van der Waals surface area (Å²) in [7, 11) is -3.79. The van der Waals surface area contributed by atoms with Gasteiger partial charge in [0.1, 0.15) is 12.6 Å². The van der Waals surface area contributed by atoms with E-state index in [1.54, 1.807) is 37.3 Å². The van der Waals surface area contributed by atoms with Crippen molar-refractivity contribution in [2.24, 2.45) is 0 Å². The minimum Gasteiger partial charge on any atom is -0.350 e. The minimum atomic E-state index is -3.79. The second-order valence-electron chi connectivity index (χ2n) is 10.0. The van der Waals surface area contributed by atoms with E-state index in [4.69, 9.17) is 11.6 Å². The van der Waals surface area contributed by atoms with Crippen LogP contribution in [0.4, 0.5) is 5.69 Å². The van der Waals surface area contributed by atoms with E-state index in [9.17, 15) is 18.0 Å². The van der Waals surface area contributed by atoms with Gasteiger partial charge in [-0.3, -0.25) is 13.9 Å². The van der Waals surface area contributed by atoms with Gasteiger partial charge in [-0.25, -0.2) is 8.42 Å². The number of rotatable bonds is 9. The molecule has 0 bridgehead atoms. The molecule has 0 aliphatic carbocycles. The number of hydrogen-bond acceptors (Lipinski definition) is 4. The van der Waals surface area contributed by atoms with Crippen molar-refractivity contribution in [3.05, 3.63) is 64.7 Å². The predicted octanol–water partition coefficient (Wildman–Crippen LogP) is 4.56. The molecule has 35 heavy (non-hydrogen) atoms. The fraction of sp³-hybridized carbons (Fsp3) is 0.462. The third-order valence-electron chi connectivity index (χ3n) is 5.41. The quantitative estimate of drug-likeness (QED) is 0.524. The van der Waals surface area contributed by atoms with E-state index in [0.717, 1.165) is 21.7 Å². The van der Waals surface area contributed by atoms with Crippen LogP contribution in [0.2, 0.25) is 5.02 Å². The maximum Gasteiger partial charge on any atom is 0.244 e. The average molecular weight is 522 g/mol. The lowest BCUT2D eigenvalue weighted by atomic mass is 10.0. The smallest absolute Gasteiger partial charge is 0.244 e. The van der Waals surface area contributed by atoms with Crippen molar-refractivity contribution in [1.82, 2.24) is 10.2 Å². The maximum absolute atomic E-state index is 13.7. The number of carbonyl (C=O) groups excluding carboxylic acids is 2. The van der Waals surface area contributed by atoms with Crippen molar-refractivity contribution >= 4 is 39.1 Å². The Kier molecular flexibility index (Phi) is 9.36. The number of nitrogens with zero attached hydrogens (tertiary/aromatic N) is 2. The zero-order valence-corrected chi connectivity index (χ0v) is 23.1. The number of amides is 2. The molecule has 7 nitrogen and oxygen atoms in total. The van der Waals surface area contributed by atoms with E-state index in [-0.39, 0.29) is 18.4 Å². The summed E-state index contributed by atoms with van der Waals surface area (Å²) in [5, 5.41) is 3.40. The summed E-state index contributed by atoms with van der Waals surface area (Å²) in [6.45, 7) is 10.8. The molecule has 0 saturated carbocycles. The first-order chi connectivity index (χ1) is 16.1. The first-order valence-corrected chi connectivity index (χ1v) is 13.8. The lowest BCUT2D eigenvalue weighted by Crippen LogP contribution is -2.54. The van der Waals surface area contributed by atoms with E-state index >= 15 is 0 Å². The molecule has 0 aliphatic heterocycles. The Labute approximate surface area is 214 Å². The van der Waals surface area contributed by atoms with Crippen LogP contribution in [0.3, 0.4) is 0 Å². The molecule has 0 saturated heterocycles. The molecule has 0 heterocycles. The molecule has 0 aliphatic rings. The molecule has 9 heteroatoms. The molecular weight excluding hydrogens is 486 g/mol. The molecule has 0 unspecified atom stereocenters. The number of halogens is 1. The molecule has 2 rings (SSSR count). The highest BCUT2D eigenvalue weighted by molar-refractivity contribution is 7.92. The van der Waals surface area contributed by atoms with Crippen LogP contribution in [0.25, 0.3) is 0 Å². The predicted molar refractivity (Wildman–Crippen MR) is 142 cm³/mol. The van der Waals surface area contributed by atoms with Crippen molar-refractivity contribution in [2.75, 3.05) is 17.1 Å². The minimum absolute atomic E-state index is 0.0459. The van der Waals surface area contributed by atoms with Gasteiger partial charge >= 0.3 is 0 Å².